The maximum Gasteiger partial charge on any atom is 0.298 e. The van der Waals surface area contributed by atoms with Crippen molar-refractivity contribution in [3.05, 3.63) is 69.6 Å². The topological polar surface area (TPSA) is 127 Å². The molecule has 1 unspecified atom stereocenters. The summed E-state index contributed by atoms with van der Waals surface area (Å²) in [7, 11) is 0. The first-order valence-electron chi connectivity index (χ1n) is 10.0. The molecule has 1 aliphatic heterocycles. The predicted molar refractivity (Wildman–Crippen MR) is 136 cm³/mol. The molecule has 0 bridgehead atoms. The fourth-order valence-electron chi connectivity index (χ4n) is 3.48. The molecule has 0 aromatic carbocycles. The Morgan fingerprint density at radius 2 is 2.00 bits per heavy atom. The highest BCUT2D eigenvalue weighted by Crippen LogP contribution is 2.26. The molecule has 0 saturated heterocycles. The molecule has 1 aliphatic rings. The Bertz CT molecular complexity index is 1140. The minimum absolute atomic E-state index is 0. The van der Waals surface area contributed by atoms with Gasteiger partial charge in [0.15, 0.2) is 5.82 Å². The van der Waals surface area contributed by atoms with Crippen molar-refractivity contribution in [1.82, 2.24) is 19.9 Å². The van der Waals surface area contributed by atoms with Gasteiger partial charge in [-0.05, 0) is 38.5 Å². The monoisotopic (exact) mass is 493 g/mol. The normalized spacial score (nSPS) is 15.2. The summed E-state index contributed by atoms with van der Waals surface area (Å²) < 4.78 is 1.47. The number of dihydropyridines is 1. The van der Waals surface area contributed by atoms with E-state index >= 15 is 0 Å². The number of nitrogens with zero attached hydrogens (tertiary/aromatic N) is 4. The molecule has 0 radical (unpaired) electrons. The van der Waals surface area contributed by atoms with E-state index in [1.807, 2.05) is 32.0 Å². The Kier molecular flexibility index (Phi) is 10.3. The van der Waals surface area contributed by atoms with Crippen LogP contribution >= 0.6 is 24.8 Å². The number of pyridine rings is 1. The SMILES string of the molecule is C=C1C(CNC=O)=C(n2c(C)cnc(NCCc3cccc(C)n3)c2=O)C(N)=NC1C.Cl.Cl. The number of aromatic nitrogens is 3. The van der Waals surface area contributed by atoms with Crippen molar-refractivity contribution in [2.45, 2.75) is 33.2 Å². The minimum atomic E-state index is -0.351. The first kappa shape index (κ1) is 27.9. The summed E-state index contributed by atoms with van der Waals surface area (Å²) in [5.41, 5.74) is 10.1. The summed E-state index contributed by atoms with van der Waals surface area (Å²) in [6.45, 7) is 10.3. The number of carbonyl (C=O) groups is 1. The van der Waals surface area contributed by atoms with Crippen LogP contribution < -0.4 is 21.9 Å². The molecule has 0 fully saturated rings. The van der Waals surface area contributed by atoms with Gasteiger partial charge >= 0.3 is 0 Å². The average molecular weight is 494 g/mol. The van der Waals surface area contributed by atoms with Gasteiger partial charge in [0.1, 0.15) is 5.84 Å². The van der Waals surface area contributed by atoms with Gasteiger partial charge in [-0.2, -0.15) is 0 Å². The highest BCUT2D eigenvalue weighted by atomic mass is 35.5. The Morgan fingerprint density at radius 1 is 1.27 bits per heavy atom. The molecule has 4 N–H and O–H groups in total. The maximum absolute atomic E-state index is 13.3. The quantitative estimate of drug-likeness (QED) is 0.482. The van der Waals surface area contributed by atoms with Gasteiger partial charge in [0.05, 0.1) is 11.7 Å². The molecule has 0 aliphatic carbocycles. The van der Waals surface area contributed by atoms with Crippen LogP contribution in [0.2, 0.25) is 0 Å². The molecule has 0 spiro atoms. The van der Waals surface area contributed by atoms with Crippen molar-refractivity contribution in [3.8, 4) is 0 Å². The van der Waals surface area contributed by atoms with E-state index in [4.69, 9.17) is 5.73 Å². The molecule has 2 aromatic heterocycles. The second-order valence-electron chi connectivity index (χ2n) is 7.38. The van der Waals surface area contributed by atoms with E-state index in [0.29, 0.717) is 41.9 Å². The smallest absolute Gasteiger partial charge is 0.298 e. The minimum Gasteiger partial charge on any atom is -0.382 e. The number of nitrogens with two attached hydrogens (primary N) is 1. The van der Waals surface area contributed by atoms with E-state index in [1.54, 1.807) is 13.1 Å². The lowest BCUT2D eigenvalue weighted by Gasteiger charge is -2.27. The van der Waals surface area contributed by atoms with Gasteiger partial charge in [0.2, 0.25) is 6.41 Å². The largest absolute Gasteiger partial charge is 0.382 e. The van der Waals surface area contributed by atoms with Crippen LogP contribution in [0.4, 0.5) is 5.82 Å². The standard InChI is InChI=1S/C22H27N7O2.2ClH/c1-13-6-5-7-17(27-13)8-9-25-21-22(31)29(14(2)10-26-21)19-18(11-24-12-30)15(3)16(4)28-20(19)23;;/h5-7,10,12,16H,3,8-9,11H2,1-2,4H3,(H2,23,28)(H,24,30)(H,25,26);2*1H. The number of anilines is 1. The number of rotatable bonds is 8. The Labute approximate surface area is 205 Å². The van der Waals surface area contributed by atoms with Gasteiger partial charge < -0.3 is 16.4 Å². The van der Waals surface area contributed by atoms with E-state index in [-0.39, 0.29) is 54.6 Å². The second kappa shape index (κ2) is 12.2. The molecule has 33 heavy (non-hydrogen) atoms. The predicted octanol–water partition coefficient (Wildman–Crippen LogP) is 2.03. The molecule has 11 heteroatoms. The number of hydrogen-bond acceptors (Lipinski definition) is 7. The maximum atomic E-state index is 13.3. The van der Waals surface area contributed by atoms with Crippen LogP contribution in [0.25, 0.3) is 5.70 Å². The van der Waals surface area contributed by atoms with Gasteiger partial charge in [-0.25, -0.2) is 4.98 Å². The third-order valence-corrected chi connectivity index (χ3v) is 5.10. The van der Waals surface area contributed by atoms with Gasteiger partial charge in [0, 0.05) is 48.4 Å². The highest BCUT2D eigenvalue weighted by molar-refractivity contribution is 6.19. The first-order chi connectivity index (χ1) is 14.8. The number of amides is 1. The molecule has 3 rings (SSSR count). The van der Waals surface area contributed by atoms with Crippen molar-refractivity contribution in [3.63, 3.8) is 0 Å². The van der Waals surface area contributed by atoms with E-state index in [0.717, 1.165) is 11.4 Å². The summed E-state index contributed by atoms with van der Waals surface area (Å²) in [6.07, 6.45) is 2.84. The van der Waals surface area contributed by atoms with Crippen molar-refractivity contribution in [2.75, 3.05) is 18.4 Å². The second-order valence-corrected chi connectivity index (χ2v) is 7.38. The molecule has 9 nitrogen and oxygen atoms in total. The Morgan fingerprint density at radius 3 is 2.67 bits per heavy atom. The number of aliphatic imine (C=N–C) groups is 1. The van der Waals surface area contributed by atoms with E-state index in [9.17, 15) is 9.59 Å². The number of halogens is 2. The molecular formula is C22H29Cl2N7O2. The lowest BCUT2D eigenvalue weighted by atomic mass is 9.95. The Balaban J connectivity index is 0.00000272. The van der Waals surface area contributed by atoms with Crippen molar-refractivity contribution in [1.29, 1.82) is 0 Å². The number of carbonyl (C=O) groups excluding carboxylic acids is 1. The van der Waals surface area contributed by atoms with Crippen LogP contribution in [-0.2, 0) is 11.2 Å². The summed E-state index contributed by atoms with van der Waals surface area (Å²) >= 11 is 0. The van der Waals surface area contributed by atoms with Crippen LogP contribution in [0.5, 0.6) is 0 Å². The third-order valence-electron chi connectivity index (χ3n) is 5.10. The lowest BCUT2D eigenvalue weighted by molar-refractivity contribution is -0.109. The van der Waals surface area contributed by atoms with Crippen molar-refractivity contribution < 1.29 is 4.79 Å². The number of amidine groups is 1. The van der Waals surface area contributed by atoms with E-state index < -0.39 is 0 Å². The van der Waals surface area contributed by atoms with Crippen LogP contribution in [0.15, 0.2) is 51.9 Å². The molecule has 3 heterocycles. The molecular weight excluding hydrogens is 465 g/mol. The van der Waals surface area contributed by atoms with E-state index in [1.165, 1.54) is 4.57 Å². The van der Waals surface area contributed by atoms with Crippen molar-refractivity contribution >= 4 is 48.6 Å². The van der Waals surface area contributed by atoms with Crippen LogP contribution in [0.1, 0.15) is 24.0 Å². The van der Waals surface area contributed by atoms with Crippen LogP contribution in [-0.4, -0.2) is 45.9 Å². The highest BCUT2D eigenvalue weighted by Gasteiger charge is 2.26. The van der Waals surface area contributed by atoms with Crippen LogP contribution in [0, 0.1) is 13.8 Å². The summed E-state index contributed by atoms with van der Waals surface area (Å²) in [5, 5.41) is 5.73. The van der Waals surface area contributed by atoms with Gasteiger partial charge in [-0.1, -0.05) is 12.6 Å². The molecule has 0 saturated carbocycles. The molecule has 2 aromatic rings. The Hall–Kier alpha value is -3.17. The number of hydrogen-bond donors (Lipinski definition) is 3. The zero-order valence-electron chi connectivity index (χ0n) is 18.8. The van der Waals surface area contributed by atoms with Gasteiger partial charge in [-0.15, -0.1) is 24.8 Å². The van der Waals surface area contributed by atoms with Gasteiger partial charge in [-0.3, -0.25) is 24.1 Å². The van der Waals surface area contributed by atoms with Crippen LogP contribution in [0.3, 0.4) is 0 Å². The lowest BCUT2D eigenvalue weighted by Crippen LogP contribution is -2.37. The third kappa shape index (κ3) is 6.21. The zero-order chi connectivity index (χ0) is 22.5. The fourth-order valence-corrected chi connectivity index (χ4v) is 3.48. The molecule has 1 amide bonds. The summed E-state index contributed by atoms with van der Waals surface area (Å²) in [6, 6.07) is 5.59. The summed E-state index contributed by atoms with van der Waals surface area (Å²) in [4.78, 5) is 37.3. The average Bonchev–Trinajstić information content (AvgIpc) is 2.73. The zero-order valence-corrected chi connectivity index (χ0v) is 20.4. The number of aryl methyl sites for hydroxylation is 2. The summed E-state index contributed by atoms with van der Waals surface area (Å²) in [5.74, 6) is 0.416. The fraction of sp³-hybridized carbons (Fsp3) is 0.318. The molecule has 178 valence electrons. The van der Waals surface area contributed by atoms with E-state index in [2.05, 4.69) is 32.2 Å². The van der Waals surface area contributed by atoms with Crippen molar-refractivity contribution in [2.24, 2.45) is 10.7 Å². The number of nitrogens with one attached hydrogen (secondary N) is 2. The van der Waals surface area contributed by atoms with Gasteiger partial charge in [0.25, 0.3) is 5.56 Å². The molecule has 1 atom stereocenters. The first-order valence-corrected chi connectivity index (χ1v) is 10.0.